The number of amides is 1. The summed E-state index contributed by atoms with van der Waals surface area (Å²) in [5.41, 5.74) is 3.44. The minimum atomic E-state index is -3.65. The first-order chi connectivity index (χ1) is 14.2. The zero-order valence-electron chi connectivity index (χ0n) is 18.0. The van der Waals surface area contributed by atoms with Crippen molar-refractivity contribution in [3.8, 4) is 5.75 Å². The van der Waals surface area contributed by atoms with Crippen molar-refractivity contribution in [2.24, 2.45) is 5.92 Å². The first kappa shape index (κ1) is 22.3. The first-order valence-electron chi connectivity index (χ1n) is 10.2. The van der Waals surface area contributed by atoms with Crippen LogP contribution in [0.2, 0.25) is 0 Å². The van der Waals surface area contributed by atoms with E-state index in [0.717, 1.165) is 5.56 Å². The molecule has 0 saturated carbocycles. The lowest BCUT2D eigenvalue weighted by Gasteiger charge is -2.32. The van der Waals surface area contributed by atoms with E-state index >= 15 is 0 Å². The monoisotopic (exact) mass is 430 g/mol. The summed E-state index contributed by atoms with van der Waals surface area (Å²) in [4.78, 5) is 13.1. The third-order valence-corrected chi connectivity index (χ3v) is 7.72. The summed E-state index contributed by atoms with van der Waals surface area (Å²) < 4.78 is 32.6. The number of sulfonamides is 1. The van der Waals surface area contributed by atoms with Gasteiger partial charge in [-0.15, -0.1) is 0 Å². The Morgan fingerprint density at radius 3 is 2.47 bits per heavy atom. The van der Waals surface area contributed by atoms with Gasteiger partial charge >= 0.3 is 0 Å². The molecule has 1 N–H and O–H groups in total. The van der Waals surface area contributed by atoms with Crippen LogP contribution in [0.4, 0.5) is 0 Å². The Labute approximate surface area is 179 Å². The molecule has 1 heterocycles. The van der Waals surface area contributed by atoms with Crippen LogP contribution in [-0.4, -0.2) is 38.8 Å². The average molecular weight is 431 g/mol. The Morgan fingerprint density at radius 1 is 1.13 bits per heavy atom. The number of carbonyl (C=O) groups excluding carboxylic acids is 1. The molecule has 3 rings (SSSR count). The predicted octanol–water partition coefficient (Wildman–Crippen LogP) is 3.59. The van der Waals surface area contributed by atoms with Gasteiger partial charge in [0.25, 0.3) is 0 Å². The van der Waals surface area contributed by atoms with E-state index in [1.807, 2.05) is 13.0 Å². The van der Waals surface area contributed by atoms with E-state index in [9.17, 15) is 13.2 Å². The number of rotatable bonds is 6. The molecule has 2 aromatic rings. The number of benzene rings is 2. The van der Waals surface area contributed by atoms with Gasteiger partial charge in [0, 0.05) is 13.1 Å². The minimum Gasteiger partial charge on any atom is -0.497 e. The van der Waals surface area contributed by atoms with Crippen LogP contribution in [0.3, 0.4) is 0 Å². The Kier molecular flexibility index (Phi) is 6.83. The van der Waals surface area contributed by atoms with Gasteiger partial charge in [0.15, 0.2) is 0 Å². The van der Waals surface area contributed by atoms with E-state index < -0.39 is 10.0 Å². The Hall–Kier alpha value is -2.38. The number of hydrogen-bond acceptors (Lipinski definition) is 4. The molecule has 6 nitrogen and oxygen atoms in total. The van der Waals surface area contributed by atoms with Gasteiger partial charge in [-0.05, 0) is 74.6 Å². The molecule has 1 aliphatic rings. The van der Waals surface area contributed by atoms with Crippen LogP contribution in [0.5, 0.6) is 5.75 Å². The Balaban J connectivity index is 1.68. The summed E-state index contributed by atoms with van der Waals surface area (Å²) in [6.45, 7) is 6.68. The fourth-order valence-electron chi connectivity index (χ4n) is 3.72. The maximum absolute atomic E-state index is 13.0. The number of ether oxygens (including phenoxy) is 1. The molecular formula is C23H30N2O4S. The normalized spacial score (nSPS) is 18.6. The lowest BCUT2D eigenvalue weighted by atomic mass is 9.97. The van der Waals surface area contributed by atoms with Crippen molar-refractivity contribution in [1.29, 1.82) is 0 Å². The van der Waals surface area contributed by atoms with Gasteiger partial charge in [0.05, 0.1) is 24.0 Å². The van der Waals surface area contributed by atoms with Gasteiger partial charge in [0.2, 0.25) is 15.9 Å². The molecule has 30 heavy (non-hydrogen) atoms. The van der Waals surface area contributed by atoms with Gasteiger partial charge < -0.3 is 10.1 Å². The second kappa shape index (κ2) is 9.18. The largest absolute Gasteiger partial charge is 0.497 e. The number of carbonyl (C=O) groups is 1. The fraction of sp³-hybridized carbons (Fsp3) is 0.435. The number of methoxy groups -OCH3 is 1. The van der Waals surface area contributed by atoms with Crippen molar-refractivity contribution in [3.63, 3.8) is 0 Å². The molecule has 1 aliphatic heterocycles. The second-order valence-electron chi connectivity index (χ2n) is 7.95. The molecule has 1 saturated heterocycles. The average Bonchev–Trinajstić information content (AvgIpc) is 2.75. The topological polar surface area (TPSA) is 75.7 Å². The number of nitrogens with one attached hydrogen (secondary N) is 1. The van der Waals surface area contributed by atoms with E-state index in [2.05, 4.69) is 31.3 Å². The summed E-state index contributed by atoms with van der Waals surface area (Å²) in [6, 6.07) is 12.4. The molecule has 0 unspecified atom stereocenters. The van der Waals surface area contributed by atoms with E-state index in [4.69, 9.17) is 4.74 Å². The SMILES string of the molecule is COc1ccc(S(=O)(=O)N2CCC[C@H](C(=O)N[C@H](C)c3ccc(C)c(C)c3)C2)cc1. The third-order valence-electron chi connectivity index (χ3n) is 5.84. The molecule has 0 aliphatic carbocycles. The highest BCUT2D eigenvalue weighted by Gasteiger charge is 2.33. The van der Waals surface area contributed by atoms with Crippen molar-refractivity contribution < 1.29 is 17.9 Å². The van der Waals surface area contributed by atoms with Crippen LogP contribution in [0.1, 0.15) is 42.5 Å². The number of piperidine rings is 1. The van der Waals surface area contributed by atoms with E-state index in [0.29, 0.717) is 25.1 Å². The molecule has 2 aromatic carbocycles. The molecule has 0 radical (unpaired) electrons. The molecule has 2 atom stereocenters. The van der Waals surface area contributed by atoms with E-state index in [-0.39, 0.29) is 29.3 Å². The van der Waals surface area contributed by atoms with Crippen LogP contribution in [-0.2, 0) is 14.8 Å². The van der Waals surface area contributed by atoms with Crippen LogP contribution < -0.4 is 10.1 Å². The molecule has 0 spiro atoms. The molecule has 0 bridgehead atoms. The van der Waals surface area contributed by atoms with Crippen LogP contribution in [0.25, 0.3) is 0 Å². The second-order valence-corrected chi connectivity index (χ2v) is 9.89. The minimum absolute atomic E-state index is 0.102. The van der Waals surface area contributed by atoms with Gasteiger partial charge in [-0.3, -0.25) is 4.79 Å². The number of aryl methyl sites for hydroxylation is 2. The highest BCUT2D eigenvalue weighted by molar-refractivity contribution is 7.89. The van der Waals surface area contributed by atoms with Crippen molar-refractivity contribution in [3.05, 3.63) is 59.2 Å². The van der Waals surface area contributed by atoms with Crippen LogP contribution in [0.15, 0.2) is 47.4 Å². The van der Waals surface area contributed by atoms with Crippen molar-refractivity contribution in [2.75, 3.05) is 20.2 Å². The van der Waals surface area contributed by atoms with Crippen LogP contribution >= 0.6 is 0 Å². The standard InChI is InChI=1S/C23H30N2O4S/c1-16-7-8-19(14-17(16)2)18(3)24-23(26)20-6-5-13-25(15-20)30(27,28)22-11-9-21(29-4)10-12-22/h7-12,14,18,20H,5-6,13,15H2,1-4H3,(H,24,26)/t18-,20+/m1/s1. The number of hydrogen-bond donors (Lipinski definition) is 1. The first-order valence-corrected chi connectivity index (χ1v) is 11.7. The highest BCUT2D eigenvalue weighted by Crippen LogP contribution is 2.26. The molecule has 7 heteroatoms. The molecular weight excluding hydrogens is 400 g/mol. The summed E-state index contributed by atoms with van der Waals surface area (Å²) in [7, 11) is -2.11. The molecule has 1 fully saturated rings. The van der Waals surface area contributed by atoms with Gasteiger partial charge in [0.1, 0.15) is 5.75 Å². The van der Waals surface area contributed by atoms with Gasteiger partial charge in [-0.2, -0.15) is 4.31 Å². The number of nitrogens with zero attached hydrogens (tertiary/aromatic N) is 1. The zero-order chi connectivity index (χ0) is 21.9. The van der Waals surface area contributed by atoms with Crippen LogP contribution in [0, 0.1) is 19.8 Å². The summed E-state index contributed by atoms with van der Waals surface area (Å²) >= 11 is 0. The lowest BCUT2D eigenvalue weighted by Crippen LogP contribution is -2.45. The quantitative estimate of drug-likeness (QED) is 0.760. The summed E-state index contributed by atoms with van der Waals surface area (Å²) in [5.74, 6) is 0.140. The Bertz CT molecular complexity index is 1000. The summed E-state index contributed by atoms with van der Waals surface area (Å²) in [5, 5.41) is 3.06. The zero-order valence-corrected chi connectivity index (χ0v) is 18.8. The molecule has 0 aromatic heterocycles. The summed E-state index contributed by atoms with van der Waals surface area (Å²) in [6.07, 6.45) is 1.34. The third kappa shape index (κ3) is 4.84. The Morgan fingerprint density at radius 2 is 1.83 bits per heavy atom. The van der Waals surface area contributed by atoms with Crippen molar-refractivity contribution in [1.82, 2.24) is 9.62 Å². The smallest absolute Gasteiger partial charge is 0.243 e. The maximum Gasteiger partial charge on any atom is 0.243 e. The van der Waals surface area contributed by atoms with E-state index in [1.54, 1.807) is 24.3 Å². The molecule has 1 amide bonds. The maximum atomic E-state index is 13.0. The lowest BCUT2D eigenvalue weighted by molar-refractivity contribution is -0.126. The fourth-order valence-corrected chi connectivity index (χ4v) is 5.24. The van der Waals surface area contributed by atoms with E-state index in [1.165, 1.54) is 22.5 Å². The highest BCUT2D eigenvalue weighted by atomic mass is 32.2. The van der Waals surface area contributed by atoms with Crippen molar-refractivity contribution in [2.45, 2.75) is 44.6 Å². The van der Waals surface area contributed by atoms with Gasteiger partial charge in [-0.1, -0.05) is 18.2 Å². The molecule has 162 valence electrons. The van der Waals surface area contributed by atoms with Gasteiger partial charge in [-0.25, -0.2) is 8.42 Å². The van der Waals surface area contributed by atoms with Crippen molar-refractivity contribution >= 4 is 15.9 Å². The predicted molar refractivity (Wildman–Crippen MR) is 117 cm³/mol.